The van der Waals surface area contributed by atoms with Gasteiger partial charge in [0.2, 0.25) is 5.24 Å². The second-order valence-electron chi connectivity index (χ2n) is 1.36. The van der Waals surface area contributed by atoms with Gasteiger partial charge in [-0.25, -0.2) is 4.98 Å². The number of carbonyl (C=O) groups excluding carboxylic acids is 1. The first-order chi connectivity index (χ1) is 5.16. The molecule has 0 aliphatic carbocycles. The Balaban J connectivity index is 0. The number of thiazole rings is 1. The Labute approximate surface area is 90.3 Å². The normalized spacial score (nSPS) is 7.50. The van der Waals surface area contributed by atoms with Crippen molar-refractivity contribution < 1.29 is 4.79 Å². The van der Waals surface area contributed by atoms with E-state index in [0.29, 0.717) is 5.13 Å². The third-order valence-corrected chi connectivity index (χ3v) is 1.67. The summed E-state index contributed by atoms with van der Waals surface area (Å²) in [5.41, 5.74) is 5.19. The molecule has 0 bridgehead atoms. The van der Waals surface area contributed by atoms with Crippen LogP contribution in [-0.4, -0.2) is 16.1 Å². The van der Waals surface area contributed by atoms with Crippen molar-refractivity contribution in [1.29, 1.82) is 0 Å². The number of nitrogens with two attached hydrogens (primary N) is 1. The molecule has 1 heterocycles. The molecule has 0 aliphatic rings. The lowest BCUT2D eigenvalue weighted by Crippen LogP contribution is -1.81. The van der Waals surface area contributed by atoms with E-state index < -0.39 is 5.24 Å². The van der Waals surface area contributed by atoms with E-state index in [1.165, 1.54) is 11.3 Å². The van der Waals surface area contributed by atoms with Crippen molar-refractivity contribution in [1.82, 2.24) is 4.98 Å². The van der Waals surface area contributed by atoms with Gasteiger partial charge in [-0.15, -0.1) is 35.3 Å². The highest BCUT2D eigenvalue weighted by Crippen LogP contribution is 2.02. The van der Waals surface area contributed by atoms with Gasteiger partial charge in [-0.3, -0.25) is 4.79 Å². The quantitative estimate of drug-likeness (QED) is 0.613. The summed E-state index contributed by atoms with van der Waals surface area (Å²) >= 11 is 11.0. The molecule has 0 spiro atoms. The Morgan fingerprint density at radius 3 is 2.33 bits per heavy atom. The number of anilines is 1. The van der Waals surface area contributed by atoms with Crippen LogP contribution in [0, 0.1) is 0 Å². The number of aromatic nitrogens is 1. The van der Waals surface area contributed by atoms with Crippen molar-refractivity contribution in [2.24, 2.45) is 0 Å². The van der Waals surface area contributed by atoms with Crippen LogP contribution in [0.15, 0.2) is 11.6 Å². The van der Waals surface area contributed by atoms with Crippen molar-refractivity contribution in [3.8, 4) is 0 Å². The highest BCUT2D eigenvalue weighted by Gasteiger charge is 1.83. The Morgan fingerprint density at radius 1 is 1.75 bits per heavy atom. The topological polar surface area (TPSA) is 56.0 Å². The largest absolute Gasteiger partial charge is 0.375 e. The van der Waals surface area contributed by atoms with Crippen LogP contribution >= 0.6 is 46.9 Å². The van der Waals surface area contributed by atoms with Crippen molar-refractivity contribution >= 4 is 57.3 Å². The Bertz CT molecular complexity index is 204. The molecule has 0 unspecified atom stereocenters. The number of alkyl halides is 1. The molecular formula is C5H7Cl3N2OS. The monoisotopic (exact) mass is 248 g/mol. The second-order valence-corrected chi connectivity index (χ2v) is 2.97. The van der Waals surface area contributed by atoms with Gasteiger partial charge in [-0.1, -0.05) is 0 Å². The third kappa shape index (κ3) is 9.97. The van der Waals surface area contributed by atoms with E-state index in [1.807, 2.05) is 5.38 Å². The van der Waals surface area contributed by atoms with Crippen LogP contribution in [0.3, 0.4) is 0 Å². The number of hydrogen-bond donors (Lipinski definition) is 1. The van der Waals surface area contributed by atoms with Gasteiger partial charge >= 0.3 is 0 Å². The summed E-state index contributed by atoms with van der Waals surface area (Å²) in [6.45, 7) is 0. The Kier molecular flexibility index (Phi) is 10.9. The SMILES string of the molecule is Cl.Nc1nccs1.O=C(Cl)CCl. The third-order valence-electron chi connectivity index (χ3n) is 0.556. The number of carbonyl (C=O) groups is 1. The predicted molar refractivity (Wildman–Crippen MR) is 55.4 cm³/mol. The molecule has 1 aromatic rings. The molecule has 0 amide bonds. The minimum absolute atomic E-state index is 0. The zero-order chi connectivity index (χ0) is 8.69. The lowest BCUT2D eigenvalue weighted by Gasteiger charge is -1.67. The standard InChI is InChI=1S/C3H4N2S.C2H2Cl2O.ClH/c4-3-5-1-2-6-3;3-1-2(4)5;/h1-2H,(H2,4,5);1H2;1H. The molecule has 0 aliphatic heterocycles. The van der Waals surface area contributed by atoms with E-state index in [2.05, 4.69) is 4.98 Å². The summed E-state index contributed by atoms with van der Waals surface area (Å²) in [4.78, 5) is 13.2. The highest BCUT2D eigenvalue weighted by atomic mass is 35.5. The zero-order valence-corrected chi connectivity index (χ0v) is 9.01. The van der Waals surface area contributed by atoms with Crippen molar-refractivity contribution in [2.75, 3.05) is 11.6 Å². The fourth-order valence-electron chi connectivity index (χ4n) is 0.234. The molecule has 0 saturated heterocycles. The van der Waals surface area contributed by atoms with Gasteiger partial charge < -0.3 is 5.73 Å². The van der Waals surface area contributed by atoms with Gasteiger partial charge in [-0.05, 0) is 11.6 Å². The van der Waals surface area contributed by atoms with E-state index in [1.54, 1.807) is 6.20 Å². The lowest BCUT2D eigenvalue weighted by molar-refractivity contribution is -0.109. The van der Waals surface area contributed by atoms with E-state index in [0.717, 1.165) is 0 Å². The number of nitrogen functional groups attached to an aromatic ring is 1. The van der Waals surface area contributed by atoms with E-state index in [4.69, 9.17) is 28.9 Å². The first kappa shape index (κ1) is 14.5. The van der Waals surface area contributed by atoms with Gasteiger partial charge in [0, 0.05) is 11.6 Å². The molecule has 0 aromatic carbocycles. The molecule has 1 aromatic heterocycles. The van der Waals surface area contributed by atoms with Crippen LogP contribution in [-0.2, 0) is 4.79 Å². The van der Waals surface area contributed by atoms with Gasteiger partial charge in [0.15, 0.2) is 5.13 Å². The molecule has 0 atom stereocenters. The fourth-order valence-corrected chi connectivity index (χ4v) is 0.617. The highest BCUT2D eigenvalue weighted by molar-refractivity contribution is 7.13. The number of nitrogens with zero attached hydrogens (tertiary/aromatic N) is 1. The summed E-state index contributed by atoms with van der Waals surface area (Å²) in [7, 11) is 0. The smallest absolute Gasteiger partial charge is 0.236 e. The van der Waals surface area contributed by atoms with Crippen molar-refractivity contribution in [2.45, 2.75) is 0 Å². The zero-order valence-electron chi connectivity index (χ0n) is 5.87. The summed E-state index contributed by atoms with van der Waals surface area (Å²) in [5, 5.41) is 1.97. The van der Waals surface area contributed by atoms with Crippen LogP contribution in [0.1, 0.15) is 0 Å². The molecule has 12 heavy (non-hydrogen) atoms. The molecule has 0 fully saturated rings. The first-order valence-corrected chi connectivity index (χ1v) is 4.35. The molecular weight excluding hydrogens is 242 g/mol. The average Bonchev–Trinajstić information content (AvgIpc) is 2.41. The van der Waals surface area contributed by atoms with E-state index >= 15 is 0 Å². The molecule has 3 nitrogen and oxygen atoms in total. The minimum atomic E-state index is -0.508. The van der Waals surface area contributed by atoms with Crippen LogP contribution in [0.2, 0.25) is 0 Å². The molecule has 2 N–H and O–H groups in total. The molecule has 7 heteroatoms. The van der Waals surface area contributed by atoms with E-state index in [-0.39, 0.29) is 18.3 Å². The molecule has 0 saturated carbocycles. The van der Waals surface area contributed by atoms with E-state index in [9.17, 15) is 4.79 Å². The number of hydrogen-bond acceptors (Lipinski definition) is 4. The lowest BCUT2D eigenvalue weighted by atomic mass is 10.9. The Morgan fingerprint density at radius 2 is 2.25 bits per heavy atom. The maximum Gasteiger partial charge on any atom is 0.236 e. The molecule has 0 radical (unpaired) electrons. The number of halogens is 3. The second kappa shape index (κ2) is 9.06. The predicted octanol–water partition coefficient (Wildman–Crippen LogP) is 2.14. The summed E-state index contributed by atoms with van der Waals surface area (Å²) in [6, 6.07) is 0. The summed E-state index contributed by atoms with van der Waals surface area (Å²) in [6.07, 6.45) is 1.68. The van der Waals surface area contributed by atoms with Gasteiger partial charge in [0.05, 0.1) is 5.88 Å². The summed E-state index contributed by atoms with van der Waals surface area (Å²) < 4.78 is 0. The fraction of sp³-hybridized carbons (Fsp3) is 0.200. The van der Waals surface area contributed by atoms with Gasteiger partial charge in [-0.2, -0.15) is 0 Å². The van der Waals surface area contributed by atoms with Crippen LogP contribution in [0.4, 0.5) is 5.13 Å². The Hall–Kier alpha value is -0.0300. The van der Waals surface area contributed by atoms with Crippen LogP contribution < -0.4 is 5.73 Å². The maximum atomic E-state index is 9.45. The van der Waals surface area contributed by atoms with Crippen LogP contribution in [0.5, 0.6) is 0 Å². The van der Waals surface area contributed by atoms with Crippen LogP contribution in [0.25, 0.3) is 0 Å². The first-order valence-electron chi connectivity index (χ1n) is 2.56. The minimum Gasteiger partial charge on any atom is -0.375 e. The van der Waals surface area contributed by atoms with Gasteiger partial charge in [0.1, 0.15) is 0 Å². The van der Waals surface area contributed by atoms with Gasteiger partial charge in [0.25, 0.3) is 0 Å². The molecule has 70 valence electrons. The van der Waals surface area contributed by atoms with Crippen molar-refractivity contribution in [3.05, 3.63) is 11.6 Å². The molecule has 1 rings (SSSR count). The summed E-state index contributed by atoms with van der Waals surface area (Å²) in [5.74, 6) is -0.0957. The number of rotatable bonds is 1. The maximum absolute atomic E-state index is 9.45. The average molecular weight is 250 g/mol. The van der Waals surface area contributed by atoms with Crippen molar-refractivity contribution in [3.63, 3.8) is 0 Å².